The molecule has 170 valence electrons. The monoisotopic (exact) mass is 418 g/mol. The van der Waals surface area contributed by atoms with Gasteiger partial charge in [-0.1, -0.05) is 39.5 Å². The molecule has 0 bridgehead atoms. The van der Waals surface area contributed by atoms with Gasteiger partial charge in [-0.2, -0.15) is 0 Å². The summed E-state index contributed by atoms with van der Waals surface area (Å²) in [6, 6.07) is 8.32. The number of rotatable bonds is 13. The average Bonchev–Trinajstić information content (AvgIpc) is 2.75. The van der Waals surface area contributed by atoms with E-state index in [0.29, 0.717) is 19.3 Å². The minimum Gasteiger partial charge on any atom is -0.492 e. The van der Waals surface area contributed by atoms with Gasteiger partial charge < -0.3 is 14.8 Å². The summed E-state index contributed by atoms with van der Waals surface area (Å²) in [5.41, 5.74) is -0.00954. The van der Waals surface area contributed by atoms with Crippen LogP contribution >= 0.6 is 0 Å². The summed E-state index contributed by atoms with van der Waals surface area (Å²) >= 11 is 0. The number of nitrogens with zero attached hydrogens (tertiary/aromatic N) is 1. The predicted molar refractivity (Wildman–Crippen MR) is 124 cm³/mol. The molecule has 1 aromatic rings. The number of likely N-dealkylation sites (tertiary alicyclic amines) is 1. The van der Waals surface area contributed by atoms with E-state index in [9.17, 15) is 4.79 Å². The van der Waals surface area contributed by atoms with Crippen molar-refractivity contribution in [2.24, 2.45) is 0 Å². The summed E-state index contributed by atoms with van der Waals surface area (Å²) in [4.78, 5) is 15.4. The van der Waals surface area contributed by atoms with Crippen LogP contribution in [0.4, 0.5) is 5.69 Å². The van der Waals surface area contributed by atoms with Crippen LogP contribution in [-0.2, 0) is 9.53 Å². The van der Waals surface area contributed by atoms with E-state index in [4.69, 9.17) is 9.47 Å². The van der Waals surface area contributed by atoms with Gasteiger partial charge in [-0.15, -0.1) is 0 Å². The fourth-order valence-corrected chi connectivity index (χ4v) is 3.96. The van der Waals surface area contributed by atoms with Gasteiger partial charge in [-0.25, -0.2) is 0 Å². The predicted octanol–water partition coefficient (Wildman–Crippen LogP) is 5.64. The second-order valence-corrected chi connectivity index (χ2v) is 8.74. The first-order valence-electron chi connectivity index (χ1n) is 11.9. The van der Waals surface area contributed by atoms with E-state index in [1.54, 1.807) is 0 Å². The Hall–Kier alpha value is -1.59. The lowest BCUT2D eigenvalue weighted by Crippen LogP contribution is -2.43. The van der Waals surface area contributed by atoms with Crippen molar-refractivity contribution in [1.29, 1.82) is 0 Å². The van der Waals surface area contributed by atoms with Crippen molar-refractivity contribution >= 4 is 11.6 Å². The third-order valence-electron chi connectivity index (χ3n) is 6.06. The van der Waals surface area contributed by atoms with Crippen LogP contribution < -0.4 is 10.1 Å². The first-order valence-corrected chi connectivity index (χ1v) is 11.9. The van der Waals surface area contributed by atoms with Gasteiger partial charge in [0.15, 0.2) is 0 Å². The molecule has 1 aliphatic rings. The molecular weight excluding hydrogens is 376 g/mol. The summed E-state index contributed by atoms with van der Waals surface area (Å²) in [5, 5.41) is 3.03. The Balaban J connectivity index is 1.84. The van der Waals surface area contributed by atoms with Gasteiger partial charge in [0.05, 0.1) is 0 Å². The van der Waals surface area contributed by atoms with Crippen molar-refractivity contribution < 1.29 is 14.3 Å². The lowest BCUT2D eigenvalue weighted by atomic mass is 9.96. The quantitative estimate of drug-likeness (QED) is 0.421. The zero-order valence-corrected chi connectivity index (χ0v) is 19.5. The summed E-state index contributed by atoms with van der Waals surface area (Å²) in [6.07, 6.45) is 8.79. The highest BCUT2D eigenvalue weighted by Gasteiger charge is 2.33. The molecule has 1 saturated heterocycles. The zero-order valence-electron chi connectivity index (χ0n) is 19.5. The molecule has 5 heteroatoms. The van der Waals surface area contributed by atoms with Gasteiger partial charge >= 0.3 is 0 Å². The molecule has 0 aromatic heterocycles. The molecule has 1 aromatic carbocycles. The van der Waals surface area contributed by atoms with Crippen LogP contribution in [0.5, 0.6) is 5.75 Å². The molecule has 2 atom stereocenters. The fourth-order valence-electron chi connectivity index (χ4n) is 3.96. The number of hydrogen-bond acceptors (Lipinski definition) is 4. The average molecular weight is 419 g/mol. The van der Waals surface area contributed by atoms with Crippen LogP contribution in [0.3, 0.4) is 0 Å². The Kier molecular flexibility index (Phi) is 10.7. The highest BCUT2D eigenvalue weighted by Crippen LogP contribution is 2.24. The third-order valence-corrected chi connectivity index (χ3v) is 6.06. The van der Waals surface area contributed by atoms with Gasteiger partial charge in [-0.3, -0.25) is 9.69 Å². The molecule has 30 heavy (non-hydrogen) atoms. The molecule has 1 amide bonds. The van der Waals surface area contributed by atoms with E-state index in [1.807, 2.05) is 31.2 Å². The number of hydrogen-bond donors (Lipinski definition) is 1. The SMILES string of the molecule is CCCCC[C@](C)(OCCC)C(=O)Nc1ccc(OCCN2CCCC[C@@H]2C)cc1. The maximum atomic E-state index is 12.9. The van der Waals surface area contributed by atoms with Gasteiger partial charge in [-0.05, 0) is 70.3 Å². The fraction of sp³-hybridized carbons (Fsp3) is 0.720. The molecule has 5 nitrogen and oxygen atoms in total. The van der Waals surface area contributed by atoms with Crippen molar-refractivity contribution in [3.8, 4) is 5.75 Å². The lowest BCUT2D eigenvalue weighted by Gasteiger charge is -2.33. The number of carbonyl (C=O) groups excluding carboxylic acids is 1. The molecule has 1 fully saturated rings. The second-order valence-electron chi connectivity index (χ2n) is 8.74. The number of unbranched alkanes of at least 4 members (excludes halogenated alkanes) is 2. The Bertz CT molecular complexity index is 619. The Labute approximate surface area is 183 Å². The topological polar surface area (TPSA) is 50.8 Å². The van der Waals surface area contributed by atoms with Crippen molar-refractivity contribution in [2.45, 2.75) is 90.7 Å². The number of piperidine rings is 1. The first-order chi connectivity index (χ1) is 14.5. The van der Waals surface area contributed by atoms with E-state index in [0.717, 1.165) is 50.1 Å². The molecule has 1 aliphatic heterocycles. The van der Waals surface area contributed by atoms with Crippen LogP contribution in [0.2, 0.25) is 0 Å². The van der Waals surface area contributed by atoms with Gasteiger partial charge in [0, 0.05) is 24.9 Å². The number of anilines is 1. The van der Waals surface area contributed by atoms with Crippen LogP contribution in [0.25, 0.3) is 0 Å². The largest absolute Gasteiger partial charge is 0.492 e. The lowest BCUT2D eigenvalue weighted by molar-refractivity contribution is -0.140. The summed E-state index contributed by atoms with van der Waals surface area (Å²) < 4.78 is 11.9. The minimum absolute atomic E-state index is 0.0696. The van der Waals surface area contributed by atoms with Crippen molar-refractivity contribution in [3.05, 3.63) is 24.3 Å². The highest BCUT2D eigenvalue weighted by molar-refractivity contribution is 5.97. The Morgan fingerprint density at radius 3 is 2.57 bits per heavy atom. The number of amides is 1. The minimum atomic E-state index is -0.786. The van der Waals surface area contributed by atoms with Crippen LogP contribution in [0.15, 0.2) is 24.3 Å². The normalized spacial score (nSPS) is 19.3. The number of benzene rings is 1. The molecule has 0 spiro atoms. The maximum absolute atomic E-state index is 12.9. The first kappa shape index (κ1) is 24.7. The molecule has 0 saturated carbocycles. The maximum Gasteiger partial charge on any atom is 0.256 e. The molecule has 2 rings (SSSR count). The van der Waals surface area contributed by atoms with Crippen LogP contribution in [0, 0.1) is 0 Å². The summed E-state index contributed by atoms with van der Waals surface area (Å²) in [7, 11) is 0. The summed E-state index contributed by atoms with van der Waals surface area (Å²) in [5.74, 6) is 0.769. The molecule has 1 N–H and O–H groups in total. The number of ether oxygens (including phenoxy) is 2. The third kappa shape index (κ3) is 7.92. The number of nitrogens with one attached hydrogen (secondary N) is 1. The van der Waals surface area contributed by atoms with E-state index in [1.165, 1.54) is 25.8 Å². The van der Waals surface area contributed by atoms with E-state index >= 15 is 0 Å². The van der Waals surface area contributed by atoms with E-state index in [-0.39, 0.29) is 5.91 Å². The van der Waals surface area contributed by atoms with Gasteiger partial charge in [0.1, 0.15) is 18.0 Å². The molecule has 0 aliphatic carbocycles. The van der Waals surface area contributed by atoms with Crippen LogP contribution in [0.1, 0.15) is 79.1 Å². The van der Waals surface area contributed by atoms with Crippen molar-refractivity contribution in [2.75, 3.05) is 31.6 Å². The van der Waals surface area contributed by atoms with Gasteiger partial charge in [0.25, 0.3) is 5.91 Å². The van der Waals surface area contributed by atoms with E-state index < -0.39 is 5.60 Å². The van der Waals surface area contributed by atoms with Crippen LogP contribution in [-0.4, -0.2) is 48.8 Å². The van der Waals surface area contributed by atoms with E-state index in [2.05, 4.69) is 31.0 Å². The molecule has 0 unspecified atom stereocenters. The zero-order chi connectivity index (χ0) is 21.8. The Morgan fingerprint density at radius 1 is 1.13 bits per heavy atom. The van der Waals surface area contributed by atoms with Crippen molar-refractivity contribution in [1.82, 2.24) is 4.90 Å². The molecular formula is C25H42N2O3. The Morgan fingerprint density at radius 2 is 1.90 bits per heavy atom. The highest BCUT2D eigenvalue weighted by atomic mass is 16.5. The molecule has 1 heterocycles. The number of carbonyl (C=O) groups is 1. The van der Waals surface area contributed by atoms with Crippen molar-refractivity contribution in [3.63, 3.8) is 0 Å². The summed E-state index contributed by atoms with van der Waals surface area (Å²) in [6.45, 7) is 11.9. The standard InChI is InChI=1S/C25H42N2O3/c1-5-7-9-16-25(4,30-19-6-2)24(28)26-22-12-14-23(15-13-22)29-20-18-27-17-10-8-11-21(27)3/h12-15,21H,5-11,16-20H2,1-4H3,(H,26,28)/t21-,25-/m0/s1. The van der Waals surface area contributed by atoms with Gasteiger partial charge in [0.2, 0.25) is 0 Å². The smallest absolute Gasteiger partial charge is 0.256 e. The second kappa shape index (κ2) is 13.0. The molecule has 0 radical (unpaired) electrons.